The van der Waals surface area contributed by atoms with Crippen molar-refractivity contribution in [3.63, 3.8) is 0 Å². The highest BCUT2D eigenvalue weighted by Gasteiger charge is 2.36. The van der Waals surface area contributed by atoms with Crippen LogP contribution in [0.3, 0.4) is 0 Å². The minimum absolute atomic E-state index is 0.0907. The van der Waals surface area contributed by atoms with Crippen LogP contribution in [0.25, 0.3) is 10.8 Å². The summed E-state index contributed by atoms with van der Waals surface area (Å²) >= 11 is 0. The molecule has 34 heavy (non-hydrogen) atoms. The number of amides is 1. The van der Waals surface area contributed by atoms with Crippen LogP contribution in [0.1, 0.15) is 63.1 Å². The third kappa shape index (κ3) is 4.93. The molecular formula is C29H35N3O2. The Morgan fingerprint density at radius 2 is 1.97 bits per heavy atom. The van der Waals surface area contributed by atoms with Gasteiger partial charge >= 0.3 is 0 Å². The smallest absolute Gasteiger partial charge is 0.277 e. The van der Waals surface area contributed by atoms with Gasteiger partial charge in [-0.25, -0.2) is 5.43 Å². The van der Waals surface area contributed by atoms with Gasteiger partial charge in [-0.3, -0.25) is 4.79 Å². The van der Waals surface area contributed by atoms with E-state index in [4.69, 9.17) is 4.74 Å². The number of hydrogen-bond donors (Lipinski definition) is 1. The molecule has 0 radical (unpaired) electrons. The molecule has 4 rings (SSSR count). The molecule has 1 aliphatic heterocycles. The molecule has 0 aliphatic carbocycles. The van der Waals surface area contributed by atoms with E-state index in [1.807, 2.05) is 42.5 Å². The number of anilines is 1. The van der Waals surface area contributed by atoms with Crippen LogP contribution >= 0.6 is 0 Å². The maximum absolute atomic E-state index is 12.3. The summed E-state index contributed by atoms with van der Waals surface area (Å²) in [6.45, 7) is 12.3. The molecule has 1 amide bonds. The van der Waals surface area contributed by atoms with Crippen molar-refractivity contribution < 1.29 is 9.53 Å². The Morgan fingerprint density at radius 1 is 1.21 bits per heavy atom. The van der Waals surface area contributed by atoms with Crippen LogP contribution in [0.2, 0.25) is 0 Å². The fourth-order valence-electron chi connectivity index (χ4n) is 5.11. The fraction of sp³-hybridized carbons (Fsp3) is 0.379. The standard InChI is InChI=1S/C29H35N3O2/c1-6-14-32-26-15-20(2)23(16-25(26)21(3)17-29(32,4)5)18-30-31-28(33)19-34-27-13-9-11-22-10-7-8-12-24(22)27/h7-13,15-16,18,21H,6,14,17,19H2,1-5H3,(H,31,33)/b30-18+. The molecule has 0 saturated heterocycles. The van der Waals surface area contributed by atoms with Crippen LogP contribution in [0, 0.1) is 6.92 Å². The number of carbonyl (C=O) groups excluding carboxylic acids is 1. The molecule has 1 N–H and O–H groups in total. The van der Waals surface area contributed by atoms with E-state index in [1.54, 1.807) is 6.21 Å². The van der Waals surface area contributed by atoms with Gasteiger partial charge in [0.15, 0.2) is 6.61 Å². The number of fused-ring (bicyclic) bond motifs is 2. The molecule has 1 atom stereocenters. The molecular weight excluding hydrogens is 422 g/mol. The zero-order valence-corrected chi connectivity index (χ0v) is 20.9. The van der Waals surface area contributed by atoms with Crippen molar-refractivity contribution in [1.82, 2.24) is 5.43 Å². The van der Waals surface area contributed by atoms with Gasteiger partial charge in [-0.2, -0.15) is 5.10 Å². The van der Waals surface area contributed by atoms with Crippen LogP contribution < -0.4 is 15.1 Å². The number of nitrogens with zero attached hydrogens (tertiary/aromatic N) is 2. The number of hydrogen-bond acceptors (Lipinski definition) is 4. The largest absolute Gasteiger partial charge is 0.483 e. The van der Waals surface area contributed by atoms with Crippen molar-refractivity contribution in [2.45, 2.75) is 58.9 Å². The first-order chi connectivity index (χ1) is 16.3. The molecule has 1 unspecified atom stereocenters. The second-order valence-corrected chi connectivity index (χ2v) is 9.90. The lowest BCUT2D eigenvalue weighted by Gasteiger charge is -2.48. The molecule has 5 nitrogen and oxygen atoms in total. The van der Waals surface area contributed by atoms with Crippen molar-refractivity contribution in [2.24, 2.45) is 5.10 Å². The normalized spacial score (nSPS) is 17.1. The quantitative estimate of drug-likeness (QED) is 0.340. The second-order valence-electron chi connectivity index (χ2n) is 9.90. The molecule has 5 heteroatoms. The Labute approximate surface area is 202 Å². The van der Waals surface area contributed by atoms with Crippen molar-refractivity contribution in [3.05, 3.63) is 71.3 Å². The number of rotatable bonds is 7. The second kappa shape index (κ2) is 9.88. The van der Waals surface area contributed by atoms with E-state index in [-0.39, 0.29) is 18.1 Å². The first-order valence-corrected chi connectivity index (χ1v) is 12.1. The van der Waals surface area contributed by atoms with Gasteiger partial charge in [0.05, 0.1) is 6.21 Å². The Kier molecular flexibility index (Phi) is 6.92. The van der Waals surface area contributed by atoms with Crippen LogP contribution in [0.5, 0.6) is 5.75 Å². The lowest BCUT2D eigenvalue weighted by atomic mass is 9.79. The summed E-state index contributed by atoms with van der Waals surface area (Å²) in [6.07, 6.45) is 3.97. The molecule has 0 bridgehead atoms. The predicted molar refractivity (Wildman–Crippen MR) is 141 cm³/mol. The van der Waals surface area contributed by atoms with Gasteiger partial charge in [0.2, 0.25) is 0 Å². The van der Waals surface area contributed by atoms with Crippen LogP contribution in [-0.2, 0) is 4.79 Å². The molecule has 0 aromatic heterocycles. The molecule has 0 fully saturated rings. The SMILES string of the molecule is CCCN1c2cc(C)c(/C=N/NC(=O)COc3cccc4ccccc34)cc2C(C)CC1(C)C. The van der Waals surface area contributed by atoms with Gasteiger partial charge in [-0.1, -0.05) is 50.2 Å². The topological polar surface area (TPSA) is 53.9 Å². The molecule has 3 aromatic rings. The van der Waals surface area contributed by atoms with E-state index in [9.17, 15) is 4.79 Å². The summed E-state index contributed by atoms with van der Waals surface area (Å²) in [6, 6.07) is 18.3. The summed E-state index contributed by atoms with van der Waals surface area (Å²) in [5.74, 6) is 0.870. The Balaban J connectivity index is 1.44. The summed E-state index contributed by atoms with van der Waals surface area (Å²) in [5.41, 5.74) is 7.60. The van der Waals surface area contributed by atoms with E-state index in [0.29, 0.717) is 11.7 Å². The van der Waals surface area contributed by atoms with Crippen molar-refractivity contribution in [1.29, 1.82) is 0 Å². The van der Waals surface area contributed by atoms with E-state index in [2.05, 4.69) is 62.2 Å². The van der Waals surface area contributed by atoms with Crippen LogP contribution in [0.15, 0.2) is 59.7 Å². The first kappa shape index (κ1) is 23.8. The van der Waals surface area contributed by atoms with E-state index >= 15 is 0 Å². The van der Waals surface area contributed by atoms with Crippen molar-refractivity contribution in [3.8, 4) is 5.75 Å². The van der Waals surface area contributed by atoms with E-state index < -0.39 is 0 Å². The summed E-state index contributed by atoms with van der Waals surface area (Å²) in [4.78, 5) is 14.9. The highest BCUT2D eigenvalue weighted by molar-refractivity contribution is 5.89. The maximum atomic E-state index is 12.3. The molecule has 0 saturated carbocycles. The fourth-order valence-corrected chi connectivity index (χ4v) is 5.11. The average Bonchev–Trinajstić information content (AvgIpc) is 2.80. The number of nitrogens with one attached hydrogen (secondary N) is 1. The number of aryl methyl sites for hydroxylation is 1. The van der Waals surface area contributed by atoms with Gasteiger partial charge in [-0.05, 0) is 79.8 Å². The highest BCUT2D eigenvalue weighted by Crippen LogP contribution is 2.44. The van der Waals surface area contributed by atoms with E-state index in [0.717, 1.165) is 41.3 Å². The van der Waals surface area contributed by atoms with Gasteiger partial charge in [0, 0.05) is 23.2 Å². The molecule has 1 heterocycles. The molecule has 3 aromatic carbocycles. The molecule has 178 valence electrons. The van der Waals surface area contributed by atoms with Gasteiger partial charge in [-0.15, -0.1) is 0 Å². The summed E-state index contributed by atoms with van der Waals surface area (Å²) < 4.78 is 5.76. The number of carbonyl (C=O) groups is 1. The lowest BCUT2D eigenvalue weighted by molar-refractivity contribution is -0.123. The minimum atomic E-state index is -0.288. The third-order valence-corrected chi connectivity index (χ3v) is 6.72. The number of hydrazone groups is 1. The van der Waals surface area contributed by atoms with E-state index in [1.165, 1.54) is 11.3 Å². The Morgan fingerprint density at radius 3 is 2.76 bits per heavy atom. The number of benzene rings is 3. The highest BCUT2D eigenvalue weighted by atomic mass is 16.5. The monoisotopic (exact) mass is 457 g/mol. The minimum Gasteiger partial charge on any atom is -0.483 e. The van der Waals surface area contributed by atoms with Gasteiger partial charge in [0.1, 0.15) is 5.75 Å². The lowest BCUT2D eigenvalue weighted by Crippen LogP contribution is -2.48. The van der Waals surface area contributed by atoms with Crippen molar-refractivity contribution >= 4 is 28.6 Å². The zero-order chi connectivity index (χ0) is 24.3. The Hall–Kier alpha value is -3.34. The maximum Gasteiger partial charge on any atom is 0.277 e. The molecule has 1 aliphatic rings. The predicted octanol–water partition coefficient (Wildman–Crippen LogP) is 6.18. The molecule has 0 spiro atoms. The van der Waals surface area contributed by atoms with Crippen LogP contribution in [0.4, 0.5) is 5.69 Å². The van der Waals surface area contributed by atoms with Crippen LogP contribution in [-0.4, -0.2) is 30.8 Å². The number of ether oxygens (including phenoxy) is 1. The third-order valence-electron chi connectivity index (χ3n) is 6.72. The summed E-state index contributed by atoms with van der Waals surface area (Å²) in [5, 5.41) is 6.28. The zero-order valence-electron chi connectivity index (χ0n) is 20.9. The summed E-state index contributed by atoms with van der Waals surface area (Å²) in [7, 11) is 0. The first-order valence-electron chi connectivity index (χ1n) is 12.1. The Bertz CT molecular complexity index is 1210. The average molecular weight is 458 g/mol. The van der Waals surface area contributed by atoms with Gasteiger partial charge < -0.3 is 9.64 Å². The van der Waals surface area contributed by atoms with Crippen molar-refractivity contribution in [2.75, 3.05) is 18.1 Å². The van der Waals surface area contributed by atoms with Gasteiger partial charge in [0.25, 0.3) is 5.91 Å².